The summed E-state index contributed by atoms with van der Waals surface area (Å²) in [6.45, 7) is 0. The Hall–Kier alpha value is -7.89. The van der Waals surface area contributed by atoms with Gasteiger partial charge in [-0.3, -0.25) is 0 Å². The lowest BCUT2D eigenvalue weighted by Gasteiger charge is -2.32. The fourth-order valence-electron chi connectivity index (χ4n) is 8.41. The predicted octanol–water partition coefficient (Wildman–Crippen LogP) is 13.6. The number of aromatic nitrogens is 1. The molecule has 0 radical (unpaired) electrons. The predicted molar refractivity (Wildman–Crippen MR) is 247 cm³/mol. The summed E-state index contributed by atoms with van der Waals surface area (Å²) in [6.07, 6.45) is -0.322. The van der Waals surface area contributed by atoms with Gasteiger partial charge in [0.15, 0.2) is 5.84 Å². The molecule has 11 rings (SSSR count). The van der Waals surface area contributed by atoms with Crippen molar-refractivity contribution in [3.8, 4) is 44.6 Å². The first-order valence-electron chi connectivity index (χ1n) is 20.3. The van der Waals surface area contributed by atoms with Crippen molar-refractivity contribution in [3.05, 3.63) is 223 Å². The van der Waals surface area contributed by atoms with Crippen LogP contribution in [0.5, 0.6) is 0 Å². The van der Waals surface area contributed by atoms with E-state index in [4.69, 9.17) is 19.4 Å². The quantitative estimate of drug-likeness (QED) is 0.162. The van der Waals surface area contributed by atoms with Crippen LogP contribution in [-0.4, -0.2) is 28.6 Å². The molecule has 10 aromatic rings. The van der Waals surface area contributed by atoms with Crippen LogP contribution < -0.4 is 0 Å². The number of aliphatic imine (C=N–C) groups is 2. The zero-order valence-electron chi connectivity index (χ0n) is 32.9. The molecule has 1 aliphatic rings. The van der Waals surface area contributed by atoms with Crippen LogP contribution in [0.2, 0.25) is 0 Å². The molecule has 284 valence electrons. The van der Waals surface area contributed by atoms with Crippen molar-refractivity contribution in [3.63, 3.8) is 0 Å². The van der Waals surface area contributed by atoms with Crippen LogP contribution in [0.1, 0.15) is 22.9 Å². The molecule has 3 heterocycles. The molecule has 0 spiro atoms. The highest BCUT2D eigenvalue weighted by atomic mass is 16.3. The number of benzene rings is 8. The lowest BCUT2D eigenvalue weighted by atomic mass is 9.98. The van der Waals surface area contributed by atoms with Crippen LogP contribution in [0.25, 0.3) is 77.5 Å². The minimum Gasteiger partial charge on any atom is -0.455 e. The van der Waals surface area contributed by atoms with Crippen LogP contribution in [-0.2, 0) is 0 Å². The molecule has 2 aromatic heterocycles. The average molecular weight is 771 g/mol. The third-order valence-electron chi connectivity index (χ3n) is 11.6. The minimum absolute atomic E-state index is 0.322. The van der Waals surface area contributed by atoms with E-state index in [2.05, 4.69) is 188 Å². The van der Waals surface area contributed by atoms with Gasteiger partial charge in [0.1, 0.15) is 23.2 Å². The van der Waals surface area contributed by atoms with E-state index in [9.17, 15) is 0 Å². The van der Waals surface area contributed by atoms with Gasteiger partial charge in [0.25, 0.3) is 0 Å². The van der Waals surface area contributed by atoms with E-state index in [0.717, 1.165) is 88.9 Å². The second-order valence-electron chi connectivity index (χ2n) is 15.2. The Morgan fingerprint density at radius 1 is 0.450 bits per heavy atom. The van der Waals surface area contributed by atoms with Gasteiger partial charge in [-0.05, 0) is 57.1 Å². The maximum atomic E-state index is 6.60. The summed E-state index contributed by atoms with van der Waals surface area (Å²) >= 11 is 0. The van der Waals surface area contributed by atoms with Gasteiger partial charge in [-0.15, -0.1) is 0 Å². The van der Waals surface area contributed by atoms with Gasteiger partial charge >= 0.3 is 0 Å². The summed E-state index contributed by atoms with van der Waals surface area (Å²) in [6, 6.07) is 72.0. The van der Waals surface area contributed by atoms with Crippen LogP contribution in [0.3, 0.4) is 0 Å². The van der Waals surface area contributed by atoms with E-state index in [0.29, 0.717) is 5.84 Å². The summed E-state index contributed by atoms with van der Waals surface area (Å²) in [5, 5.41) is 3.06. The first kappa shape index (κ1) is 35.3. The highest BCUT2D eigenvalue weighted by Crippen LogP contribution is 2.41. The van der Waals surface area contributed by atoms with Crippen LogP contribution >= 0.6 is 0 Å². The maximum Gasteiger partial charge on any atom is 0.159 e. The lowest BCUT2D eigenvalue weighted by Crippen LogP contribution is -2.35. The Morgan fingerprint density at radius 2 is 0.950 bits per heavy atom. The molecule has 0 saturated carbocycles. The van der Waals surface area contributed by atoms with Crippen LogP contribution in [0.4, 0.5) is 0 Å². The third kappa shape index (κ3) is 6.34. The molecule has 1 aliphatic heterocycles. The summed E-state index contributed by atoms with van der Waals surface area (Å²) in [5.74, 6) is 1.55. The zero-order chi connectivity index (χ0) is 40.0. The lowest BCUT2D eigenvalue weighted by molar-refractivity contribution is 0.383. The largest absolute Gasteiger partial charge is 0.455 e. The molecule has 0 fully saturated rings. The normalized spacial score (nSPS) is 14.1. The number of furan rings is 1. The summed E-state index contributed by atoms with van der Waals surface area (Å²) in [5.41, 5.74) is 14.4. The van der Waals surface area contributed by atoms with Crippen molar-refractivity contribution in [1.82, 2.24) is 9.88 Å². The molecule has 0 saturated heterocycles. The Morgan fingerprint density at radius 3 is 1.58 bits per heavy atom. The van der Waals surface area contributed by atoms with E-state index in [-0.39, 0.29) is 6.17 Å². The molecule has 1 atom stereocenters. The molecule has 0 aliphatic carbocycles. The van der Waals surface area contributed by atoms with Gasteiger partial charge in [0.05, 0.1) is 16.6 Å². The fourth-order valence-corrected chi connectivity index (χ4v) is 8.41. The van der Waals surface area contributed by atoms with Crippen LogP contribution in [0, 0.1) is 0 Å². The van der Waals surface area contributed by atoms with E-state index >= 15 is 0 Å². The molecule has 0 N–H and O–H groups in total. The number of hydrogen-bond donors (Lipinski definition) is 0. The highest BCUT2D eigenvalue weighted by molar-refractivity contribution is 6.19. The topological polar surface area (TPSA) is 54.0 Å². The number of hydrogen-bond acceptors (Lipinski definition) is 5. The number of amidine groups is 2. The van der Waals surface area contributed by atoms with Crippen molar-refractivity contribution in [2.75, 3.05) is 7.05 Å². The Bertz CT molecular complexity index is 3230. The standard InChI is InChI=1S/C55H38N4O/c1-59-54(43-29-23-40(24-30-43)37-15-7-3-8-16-37)57-53(42-27-21-39(22-28-42)36-13-5-2-6-14-36)58-55(59)44-31-25-41(26-32-44)51-50-47-19-11-12-20-49(47)60-52(50)46-34-33-45(35-48(46)56-51)38-17-9-4-10-18-38/h2-35,55H,1H3. The molecular formula is C55H38N4O. The summed E-state index contributed by atoms with van der Waals surface area (Å²) in [7, 11) is 2.08. The Kier molecular flexibility index (Phi) is 8.71. The molecule has 0 amide bonds. The second kappa shape index (κ2) is 14.8. The number of rotatable bonds is 7. The van der Waals surface area contributed by atoms with Crippen molar-refractivity contribution in [2.24, 2.45) is 9.98 Å². The Balaban J connectivity index is 1.00. The molecular weight excluding hydrogens is 733 g/mol. The van der Waals surface area contributed by atoms with Gasteiger partial charge < -0.3 is 9.32 Å². The first-order chi connectivity index (χ1) is 29.6. The van der Waals surface area contributed by atoms with E-state index < -0.39 is 0 Å². The van der Waals surface area contributed by atoms with E-state index in [1.165, 1.54) is 11.1 Å². The molecule has 1 unspecified atom stereocenters. The maximum absolute atomic E-state index is 6.60. The molecule has 5 heteroatoms. The average Bonchev–Trinajstić information content (AvgIpc) is 3.72. The van der Waals surface area contributed by atoms with Crippen molar-refractivity contribution >= 4 is 44.5 Å². The fraction of sp³-hybridized carbons (Fsp3) is 0.0364. The zero-order valence-corrected chi connectivity index (χ0v) is 32.9. The smallest absolute Gasteiger partial charge is 0.159 e. The van der Waals surface area contributed by atoms with Crippen molar-refractivity contribution in [1.29, 1.82) is 0 Å². The van der Waals surface area contributed by atoms with Crippen LogP contribution in [0.15, 0.2) is 221 Å². The summed E-state index contributed by atoms with van der Waals surface area (Å²) < 4.78 is 6.60. The SMILES string of the molecule is CN1C(c2ccc(-c3ccccc3)cc2)=NC(c2ccc(-c3ccccc3)cc2)=NC1c1ccc(-c2nc3cc(-c4ccccc4)ccc3c3oc4ccccc4c23)cc1. The number of nitrogens with zero attached hydrogens (tertiary/aromatic N) is 4. The van der Waals surface area contributed by atoms with Gasteiger partial charge in [-0.25, -0.2) is 15.0 Å². The van der Waals surface area contributed by atoms with E-state index in [1.54, 1.807) is 0 Å². The van der Waals surface area contributed by atoms with Crippen molar-refractivity contribution < 1.29 is 4.42 Å². The third-order valence-corrected chi connectivity index (χ3v) is 11.6. The van der Waals surface area contributed by atoms with Gasteiger partial charge in [-0.1, -0.05) is 188 Å². The molecule has 0 bridgehead atoms. The number of pyridine rings is 1. The summed E-state index contributed by atoms with van der Waals surface area (Å²) in [4.78, 5) is 18.1. The number of para-hydroxylation sites is 1. The number of fused-ring (bicyclic) bond motifs is 5. The molecule has 60 heavy (non-hydrogen) atoms. The molecule has 8 aromatic carbocycles. The minimum atomic E-state index is -0.322. The van der Waals surface area contributed by atoms with Gasteiger partial charge in [0, 0.05) is 34.5 Å². The first-order valence-corrected chi connectivity index (χ1v) is 20.3. The van der Waals surface area contributed by atoms with Gasteiger partial charge in [-0.2, -0.15) is 0 Å². The second-order valence-corrected chi connectivity index (χ2v) is 15.2. The highest BCUT2D eigenvalue weighted by Gasteiger charge is 2.27. The van der Waals surface area contributed by atoms with E-state index in [1.807, 2.05) is 30.3 Å². The monoisotopic (exact) mass is 770 g/mol. The Labute approximate surface area is 348 Å². The molecule has 5 nitrogen and oxygen atoms in total. The van der Waals surface area contributed by atoms with Crippen molar-refractivity contribution in [2.45, 2.75) is 6.17 Å². The van der Waals surface area contributed by atoms with Gasteiger partial charge in [0.2, 0.25) is 0 Å².